The van der Waals surface area contributed by atoms with Gasteiger partial charge >= 0.3 is 6.18 Å². The maximum atomic E-state index is 12.6. The van der Waals surface area contributed by atoms with E-state index in [-0.39, 0.29) is 11.5 Å². The van der Waals surface area contributed by atoms with E-state index >= 15 is 0 Å². The van der Waals surface area contributed by atoms with Crippen LogP contribution in [-0.2, 0) is 12.7 Å². The average molecular weight is 377 g/mol. The van der Waals surface area contributed by atoms with E-state index in [0.717, 1.165) is 50.3 Å². The molecule has 4 nitrogen and oxygen atoms in total. The molecule has 27 heavy (non-hydrogen) atoms. The van der Waals surface area contributed by atoms with E-state index in [4.69, 9.17) is 0 Å². The summed E-state index contributed by atoms with van der Waals surface area (Å²) in [6, 6.07) is 10.2. The molecule has 1 fully saturated rings. The Morgan fingerprint density at radius 3 is 2.41 bits per heavy atom. The number of likely N-dealkylation sites (tertiary alicyclic amines) is 1. The number of hydrogen-bond acceptors (Lipinski definition) is 3. The second kappa shape index (κ2) is 8.52. The van der Waals surface area contributed by atoms with Gasteiger partial charge in [0.25, 0.3) is 5.91 Å². The molecule has 0 spiro atoms. The number of aromatic nitrogens is 1. The molecule has 0 aliphatic carbocycles. The van der Waals surface area contributed by atoms with E-state index < -0.39 is 11.7 Å². The second-order valence-corrected chi connectivity index (χ2v) is 6.83. The summed E-state index contributed by atoms with van der Waals surface area (Å²) in [5.74, 6) is 0.0445. The first-order chi connectivity index (χ1) is 12.9. The average Bonchev–Trinajstić information content (AvgIpc) is 2.67. The van der Waals surface area contributed by atoms with Crippen molar-refractivity contribution in [3.05, 3.63) is 65.5 Å². The number of pyridine rings is 1. The van der Waals surface area contributed by atoms with Crippen molar-refractivity contribution < 1.29 is 18.0 Å². The van der Waals surface area contributed by atoms with Gasteiger partial charge < -0.3 is 5.32 Å². The minimum Gasteiger partial charge on any atom is -0.352 e. The van der Waals surface area contributed by atoms with Crippen LogP contribution in [0.1, 0.15) is 34.5 Å². The third-order valence-electron chi connectivity index (χ3n) is 4.84. The zero-order valence-corrected chi connectivity index (χ0v) is 14.9. The molecule has 0 bridgehead atoms. The van der Waals surface area contributed by atoms with Gasteiger partial charge in [-0.15, -0.1) is 0 Å². The lowest BCUT2D eigenvalue weighted by atomic mass is 9.96. The first-order valence-electron chi connectivity index (χ1n) is 8.99. The molecule has 1 N–H and O–H groups in total. The lowest BCUT2D eigenvalue weighted by molar-refractivity contribution is -0.137. The van der Waals surface area contributed by atoms with Crippen LogP contribution in [0.2, 0.25) is 0 Å². The van der Waals surface area contributed by atoms with E-state index in [2.05, 4.69) is 15.2 Å². The fourth-order valence-corrected chi connectivity index (χ4v) is 3.22. The minimum absolute atomic E-state index is 0.246. The van der Waals surface area contributed by atoms with Gasteiger partial charge in [-0.05, 0) is 68.2 Å². The summed E-state index contributed by atoms with van der Waals surface area (Å²) in [4.78, 5) is 18.8. The van der Waals surface area contributed by atoms with E-state index in [1.807, 2.05) is 18.2 Å². The Hall–Kier alpha value is -2.41. The first kappa shape index (κ1) is 19.4. The first-order valence-corrected chi connectivity index (χ1v) is 8.99. The standard InChI is InChI=1S/C20H22F3N3O/c21-20(22,23)17-6-4-16(5-7-17)19(27)25-13-15-8-11-26(12-9-15)14-18-3-1-2-10-24-18/h1-7,10,15H,8-9,11-14H2,(H,25,27). The van der Waals surface area contributed by atoms with Crippen LogP contribution >= 0.6 is 0 Å². The number of amides is 1. The summed E-state index contributed by atoms with van der Waals surface area (Å²) >= 11 is 0. The number of hydrogen-bond donors (Lipinski definition) is 1. The number of piperidine rings is 1. The summed E-state index contributed by atoms with van der Waals surface area (Å²) < 4.78 is 37.7. The number of carbonyl (C=O) groups is 1. The van der Waals surface area contributed by atoms with Crippen LogP contribution in [0, 0.1) is 5.92 Å². The normalized spacial score (nSPS) is 16.3. The van der Waals surface area contributed by atoms with E-state index in [1.54, 1.807) is 6.20 Å². The summed E-state index contributed by atoms with van der Waals surface area (Å²) in [6.45, 7) is 3.25. The van der Waals surface area contributed by atoms with Gasteiger partial charge in [-0.2, -0.15) is 13.2 Å². The van der Waals surface area contributed by atoms with Crippen molar-refractivity contribution in [1.29, 1.82) is 0 Å². The largest absolute Gasteiger partial charge is 0.416 e. The van der Waals surface area contributed by atoms with Gasteiger partial charge in [0.1, 0.15) is 0 Å². The molecule has 144 valence electrons. The van der Waals surface area contributed by atoms with Gasteiger partial charge in [0.15, 0.2) is 0 Å². The smallest absolute Gasteiger partial charge is 0.352 e. The van der Waals surface area contributed by atoms with Crippen molar-refractivity contribution in [2.24, 2.45) is 5.92 Å². The molecule has 0 radical (unpaired) electrons. The van der Waals surface area contributed by atoms with Gasteiger partial charge in [0, 0.05) is 24.8 Å². The molecule has 0 saturated carbocycles. The molecule has 0 unspecified atom stereocenters. The van der Waals surface area contributed by atoms with Crippen LogP contribution in [0.4, 0.5) is 13.2 Å². The molecular formula is C20H22F3N3O. The molecule has 2 aromatic rings. The van der Waals surface area contributed by atoms with Crippen LogP contribution < -0.4 is 5.32 Å². The number of nitrogens with zero attached hydrogens (tertiary/aromatic N) is 2. The third kappa shape index (κ3) is 5.53. The fraction of sp³-hybridized carbons (Fsp3) is 0.400. The van der Waals surface area contributed by atoms with Gasteiger partial charge in [0.2, 0.25) is 0 Å². The Kier molecular flexibility index (Phi) is 6.11. The third-order valence-corrected chi connectivity index (χ3v) is 4.84. The molecule has 0 atom stereocenters. The monoisotopic (exact) mass is 377 g/mol. The zero-order valence-electron chi connectivity index (χ0n) is 14.9. The van der Waals surface area contributed by atoms with Crippen molar-refractivity contribution >= 4 is 5.91 Å². The lowest BCUT2D eigenvalue weighted by Crippen LogP contribution is -2.38. The Labute approximate surface area is 156 Å². The minimum atomic E-state index is -4.39. The van der Waals surface area contributed by atoms with E-state index in [0.29, 0.717) is 12.5 Å². The van der Waals surface area contributed by atoms with Gasteiger partial charge in [0.05, 0.1) is 11.3 Å². The fourth-order valence-electron chi connectivity index (χ4n) is 3.22. The van der Waals surface area contributed by atoms with Crippen LogP contribution in [0.3, 0.4) is 0 Å². The molecule has 7 heteroatoms. The predicted octanol–water partition coefficient (Wildman–Crippen LogP) is 3.74. The second-order valence-electron chi connectivity index (χ2n) is 6.83. The number of rotatable bonds is 5. The Bertz CT molecular complexity index is 739. The van der Waals surface area contributed by atoms with Gasteiger partial charge in [-0.3, -0.25) is 14.7 Å². The van der Waals surface area contributed by atoms with Crippen LogP contribution in [0.25, 0.3) is 0 Å². The summed E-state index contributed by atoms with van der Waals surface area (Å²) in [7, 11) is 0. The molecule has 3 rings (SSSR count). The topological polar surface area (TPSA) is 45.2 Å². The van der Waals surface area contributed by atoms with Crippen molar-refractivity contribution in [2.75, 3.05) is 19.6 Å². The van der Waals surface area contributed by atoms with E-state index in [1.165, 1.54) is 12.1 Å². The van der Waals surface area contributed by atoms with Crippen LogP contribution in [0.15, 0.2) is 48.7 Å². The van der Waals surface area contributed by atoms with Crippen LogP contribution in [0.5, 0.6) is 0 Å². The van der Waals surface area contributed by atoms with Crippen molar-refractivity contribution in [3.63, 3.8) is 0 Å². The molecular weight excluding hydrogens is 355 g/mol. The molecule has 2 heterocycles. The van der Waals surface area contributed by atoms with Gasteiger partial charge in [-0.25, -0.2) is 0 Å². The summed E-state index contributed by atoms with van der Waals surface area (Å²) in [5, 5.41) is 2.84. The van der Waals surface area contributed by atoms with E-state index in [9.17, 15) is 18.0 Å². The SMILES string of the molecule is O=C(NCC1CCN(Cc2ccccn2)CC1)c1ccc(C(F)(F)F)cc1. The predicted molar refractivity (Wildman–Crippen MR) is 96.0 cm³/mol. The highest BCUT2D eigenvalue weighted by molar-refractivity contribution is 5.94. The highest BCUT2D eigenvalue weighted by atomic mass is 19.4. The number of alkyl halides is 3. The van der Waals surface area contributed by atoms with Crippen molar-refractivity contribution in [3.8, 4) is 0 Å². The Morgan fingerprint density at radius 2 is 1.81 bits per heavy atom. The molecule has 1 aromatic heterocycles. The highest BCUT2D eigenvalue weighted by Crippen LogP contribution is 2.29. The van der Waals surface area contributed by atoms with Gasteiger partial charge in [-0.1, -0.05) is 6.07 Å². The molecule has 1 aliphatic heterocycles. The van der Waals surface area contributed by atoms with Crippen LogP contribution in [-0.4, -0.2) is 35.4 Å². The maximum Gasteiger partial charge on any atom is 0.416 e. The molecule has 1 saturated heterocycles. The molecule has 1 amide bonds. The Morgan fingerprint density at radius 1 is 1.11 bits per heavy atom. The number of carbonyl (C=O) groups excluding carboxylic acids is 1. The number of benzene rings is 1. The molecule has 1 aliphatic rings. The number of nitrogens with one attached hydrogen (secondary N) is 1. The van der Waals surface area contributed by atoms with Crippen molar-refractivity contribution in [1.82, 2.24) is 15.2 Å². The quantitative estimate of drug-likeness (QED) is 0.863. The highest BCUT2D eigenvalue weighted by Gasteiger charge is 2.30. The number of halogens is 3. The summed E-state index contributed by atoms with van der Waals surface area (Å²) in [6.07, 6.45) is -0.655. The maximum absolute atomic E-state index is 12.6. The van der Waals surface area contributed by atoms with Crippen molar-refractivity contribution in [2.45, 2.75) is 25.6 Å². The molecule has 1 aromatic carbocycles. The lowest BCUT2D eigenvalue weighted by Gasteiger charge is -2.31. The summed E-state index contributed by atoms with van der Waals surface area (Å²) in [5.41, 5.74) is 0.543. The zero-order chi connectivity index (χ0) is 19.3. The Balaban J connectivity index is 1.42.